The summed E-state index contributed by atoms with van der Waals surface area (Å²) in [5.41, 5.74) is 2.15. The Kier molecular flexibility index (Phi) is 4.15. The molecule has 0 spiro atoms. The number of hydrogen-bond donors (Lipinski definition) is 1. The number of fused-ring (bicyclic) bond motifs is 4. The Balaban J connectivity index is 1.42. The van der Waals surface area contributed by atoms with Crippen LogP contribution in [0.5, 0.6) is 5.75 Å². The Morgan fingerprint density at radius 3 is 3.11 bits per heavy atom. The molecule has 0 aliphatic carbocycles. The summed E-state index contributed by atoms with van der Waals surface area (Å²) >= 11 is 0. The molecule has 3 aliphatic rings. The number of hydrogen-bond acceptors (Lipinski definition) is 5. The molecule has 5 rings (SSSR count). The molecule has 1 aromatic carbocycles. The lowest BCUT2D eigenvalue weighted by Gasteiger charge is -2.27. The number of aromatic nitrogens is 1. The van der Waals surface area contributed by atoms with Crippen molar-refractivity contribution in [3.8, 4) is 5.75 Å². The summed E-state index contributed by atoms with van der Waals surface area (Å²) < 4.78 is 5.69. The van der Waals surface area contributed by atoms with Gasteiger partial charge < -0.3 is 19.9 Å². The van der Waals surface area contributed by atoms with Crippen molar-refractivity contribution in [3.05, 3.63) is 47.7 Å². The van der Waals surface area contributed by atoms with E-state index in [1.807, 2.05) is 23.2 Å². The van der Waals surface area contributed by atoms with Crippen molar-refractivity contribution in [2.75, 3.05) is 29.9 Å². The summed E-state index contributed by atoms with van der Waals surface area (Å²) in [6.07, 6.45) is 4.35. The highest BCUT2D eigenvalue weighted by molar-refractivity contribution is 6.03. The second kappa shape index (κ2) is 6.82. The molecule has 28 heavy (non-hydrogen) atoms. The number of nitrogens with zero attached hydrogens (tertiary/aromatic N) is 3. The highest BCUT2D eigenvalue weighted by Gasteiger charge is 2.34. The van der Waals surface area contributed by atoms with E-state index in [1.54, 1.807) is 18.2 Å². The SMILES string of the molecule is O=C1CCOc2c(NC(=O)N3Cc4cccnc4N4CCC[C@@H]4C3)cccc21. The van der Waals surface area contributed by atoms with Gasteiger partial charge in [0.1, 0.15) is 5.82 Å². The molecule has 1 aromatic heterocycles. The summed E-state index contributed by atoms with van der Waals surface area (Å²) in [7, 11) is 0. The Morgan fingerprint density at radius 2 is 2.18 bits per heavy atom. The van der Waals surface area contributed by atoms with Crippen LogP contribution in [0.25, 0.3) is 0 Å². The number of rotatable bonds is 1. The average Bonchev–Trinajstić information content (AvgIpc) is 3.10. The second-order valence-electron chi connectivity index (χ2n) is 7.49. The van der Waals surface area contributed by atoms with Crippen molar-refractivity contribution in [1.29, 1.82) is 0 Å². The fraction of sp³-hybridized carbons (Fsp3) is 0.381. The summed E-state index contributed by atoms with van der Waals surface area (Å²) in [5, 5.41) is 2.97. The van der Waals surface area contributed by atoms with Gasteiger partial charge in [0.2, 0.25) is 0 Å². The van der Waals surface area contributed by atoms with E-state index in [-0.39, 0.29) is 17.9 Å². The van der Waals surface area contributed by atoms with Gasteiger partial charge in [-0.05, 0) is 31.0 Å². The van der Waals surface area contributed by atoms with Gasteiger partial charge in [0, 0.05) is 37.3 Å². The Morgan fingerprint density at radius 1 is 1.25 bits per heavy atom. The van der Waals surface area contributed by atoms with Gasteiger partial charge in [-0.3, -0.25) is 4.79 Å². The molecule has 2 amide bonds. The molecule has 0 saturated carbocycles. The summed E-state index contributed by atoms with van der Waals surface area (Å²) in [6.45, 7) is 2.48. The van der Waals surface area contributed by atoms with E-state index in [4.69, 9.17) is 4.74 Å². The lowest BCUT2D eigenvalue weighted by Crippen LogP contribution is -2.42. The lowest BCUT2D eigenvalue weighted by atomic mass is 10.0. The molecule has 1 N–H and O–H groups in total. The number of benzene rings is 1. The minimum atomic E-state index is -0.182. The Labute approximate surface area is 163 Å². The highest BCUT2D eigenvalue weighted by atomic mass is 16.5. The van der Waals surface area contributed by atoms with Gasteiger partial charge >= 0.3 is 6.03 Å². The van der Waals surface area contributed by atoms with Crippen LogP contribution in [0, 0.1) is 0 Å². The minimum Gasteiger partial charge on any atom is -0.490 e. The van der Waals surface area contributed by atoms with E-state index in [2.05, 4.69) is 15.2 Å². The third-order valence-electron chi connectivity index (χ3n) is 5.73. The maximum absolute atomic E-state index is 13.1. The van der Waals surface area contributed by atoms with Gasteiger partial charge in [0.25, 0.3) is 0 Å². The molecule has 1 atom stereocenters. The van der Waals surface area contributed by atoms with Crippen molar-refractivity contribution in [3.63, 3.8) is 0 Å². The molecule has 7 nitrogen and oxygen atoms in total. The van der Waals surface area contributed by atoms with Gasteiger partial charge in [-0.1, -0.05) is 12.1 Å². The van der Waals surface area contributed by atoms with E-state index in [9.17, 15) is 9.59 Å². The normalized spacial score (nSPS) is 20.6. The number of para-hydroxylation sites is 1. The first-order valence-corrected chi connectivity index (χ1v) is 9.76. The molecule has 2 aromatic rings. The van der Waals surface area contributed by atoms with Gasteiger partial charge in [0.15, 0.2) is 11.5 Å². The molecule has 0 unspecified atom stereocenters. The van der Waals surface area contributed by atoms with Gasteiger partial charge in [-0.2, -0.15) is 0 Å². The van der Waals surface area contributed by atoms with E-state index in [0.717, 1.165) is 30.8 Å². The standard InChI is InChI=1S/C21H22N4O3/c26-18-8-11-28-19-16(18)6-1-7-17(19)23-21(27)24-12-14-4-2-9-22-20(14)25-10-3-5-15(25)13-24/h1-2,4,6-7,9,15H,3,5,8,10-13H2,(H,23,27)/t15-/m1/s1. The molecule has 0 bridgehead atoms. The molecular weight excluding hydrogens is 356 g/mol. The van der Waals surface area contributed by atoms with Gasteiger partial charge in [0.05, 0.1) is 24.4 Å². The molecule has 144 valence electrons. The number of anilines is 2. The maximum Gasteiger partial charge on any atom is 0.322 e. The third kappa shape index (κ3) is 2.87. The van der Waals surface area contributed by atoms with Crippen LogP contribution in [0.1, 0.15) is 35.2 Å². The van der Waals surface area contributed by atoms with Crippen LogP contribution in [0.15, 0.2) is 36.5 Å². The first-order valence-electron chi connectivity index (χ1n) is 9.76. The first kappa shape index (κ1) is 17.0. The van der Waals surface area contributed by atoms with Crippen LogP contribution in [0.3, 0.4) is 0 Å². The summed E-state index contributed by atoms with van der Waals surface area (Å²) in [5.74, 6) is 1.52. The van der Waals surface area contributed by atoms with Crippen molar-refractivity contribution in [2.24, 2.45) is 0 Å². The zero-order valence-electron chi connectivity index (χ0n) is 15.6. The first-order chi connectivity index (χ1) is 13.7. The molecule has 1 saturated heterocycles. The number of pyridine rings is 1. The summed E-state index contributed by atoms with van der Waals surface area (Å²) in [4.78, 5) is 34.0. The van der Waals surface area contributed by atoms with Gasteiger partial charge in [-0.15, -0.1) is 0 Å². The largest absolute Gasteiger partial charge is 0.490 e. The molecule has 7 heteroatoms. The lowest BCUT2D eigenvalue weighted by molar-refractivity contribution is 0.0934. The molecule has 3 aliphatic heterocycles. The number of ether oxygens (including phenoxy) is 1. The van der Waals surface area contributed by atoms with Crippen LogP contribution in [-0.4, -0.2) is 47.4 Å². The molecule has 0 radical (unpaired) electrons. The Hall–Kier alpha value is -3.09. The smallest absolute Gasteiger partial charge is 0.322 e. The Bertz CT molecular complexity index is 945. The zero-order valence-corrected chi connectivity index (χ0v) is 15.6. The van der Waals surface area contributed by atoms with Crippen LogP contribution in [-0.2, 0) is 6.54 Å². The van der Waals surface area contributed by atoms with E-state index >= 15 is 0 Å². The topological polar surface area (TPSA) is 74.8 Å². The number of Topliss-reactive ketones (excluding diaryl/α,β-unsaturated/α-hetero) is 1. The predicted molar refractivity (Wildman–Crippen MR) is 105 cm³/mol. The van der Waals surface area contributed by atoms with E-state index in [0.29, 0.717) is 43.1 Å². The number of ketones is 1. The van der Waals surface area contributed by atoms with Crippen LogP contribution < -0.4 is 15.0 Å². The minimum absolute atomic E-state index is 0.0497. The van der Waals surface area contributed by atoms with Crippen LogP contribution in [0.4, 0.5) is 16.3 Å². The monoisotopic (exact) mass is 378 g/mol. The molecule has 4 heterocycles. The van der Waals surface area contributed by atoms with Crippen molar-refractivity contribution in [2.45, 2.75) is 31.8 Å². The number of carbonyl (C=O) groups excluding carboxylic acids is 2. The van der Waals surface area contributed by atoms with Gasteiger partial charge in [-0.25, -0.2) is 9.78 Å². The van der Waals surface area contributed by atoms with E-state index < -0.39 is 0 Å². The van der Waals surface area contributed by atoms with Crippen molar-refractivity contribution in [1.82, 2.24) is 9.88 Å². The maximum atomic E-state index is 13.1. The average molecular weight is 378 g/mol. The quantitative estimate of drug-likeness (QED) is 0.826. The fourth-order valence-corrected chi connectivity index (χ4v) is 4.38. The van der Waals surface area contributed by atoms with Crippen molar-refractivity contribution < 1.29 is 14.3 Å². The third-order valence-corrected chi connectivity index (χ3v) is 5.73. The van der Waals surface area contributed by atoms with Crippen LogP contribution >= 0.6 is 0 Å². The number of amides is 2. The number of carbonyl (C=O) groups is 2. The number of urea groups is 1. The molecular formula is C21H22N4O3. The number of nitrogens with one attached hydrogen (secondary N) is 1. The molecule has 1 fully saturated rings. The zero-order chi connectivity index (χ0) is 19.1. The van der Waals surface area contributed by atoms with E-state index in [1.165, 1.54) is 0 Å². The predicted octanol–water partition coefficient (Wildman–Crippen LogP) is 3.06. The summed E-state index contributed by atoms with van der Waals surface area (Å²) in [6, 6.07) is 9.36. The fourth-order valence-electron chi connectivity index (χ4n) is 4.38. The second-order valence-corrected chi connectivity index (χ2v) is 7.49. The van der Waals surface area contributed by atoms with Crippen LogP contribution in [0.2, 0.25) is 0 Å². The van der Waals surface area contributed by atoms with Crippen molar-refractivity contribution >= 4 is 23.3 Å². The highest BCUT2D eigenvalue weighted by Crippen LogP contribution is 2.34.